The van der Waals surface area contributed by atoms with E-state index in [9.17, 15) is 0 Å². The molecule has 0 aromatic rings. The molecule has 0 bridgehead atoms. The van der Waals surface area contributed by atoms with Crippen molar-refractivity contribution in [3.05, 3.63) is 0 Å². The number of rotatable bonds is 3. The predicted molar refractivity (Wildman–Crippen MR) is 55.1 cm³/mol. The summed E-state index contributed by atoms with van der Waals surface area (Å²) in [4.78, 5) is 4.62. The van der Waals surface area contributed by atoms with Crippen LogP contribution in [0.15, 0.2) is 4.99 Å². The van der Waals surface area contributed by atoms with E-state index in [0.717, 1.165) is 19.6 Å². The van der Waals surface area contributed by atoms with Crippen LogP contribution in [0.25, 0.3) is 0 Å². The topological polar surface area (TPSA) is 36.4 Å². The maximum absolute atomic E-state index is 4.62. The zero-order valence-electron chi connectivity index (χ0n) is 8.56. The first-order chi connectivity index (χ1) is 6.29. The van der Waals surface area contributed by atoms with E-state index in [2.05, 4.69) is 29.5 Å². The van der Waals surface area contributed by atoms with Gasteiger partial charge in [-0.25, -0.2) is 0 Å². The number of nitrogens with zero attached hydrogens (tertiary/aromatic N) is 1. The molecule has 0 radical (unpaired) electrons. The molecular formula is C10H19N3. The van der Waals surface area contributed by atoms with Crippen LogP contribution in [-0.4, -0.2) is 31.0 Å². The number of aliphatic imine (C=N–C) groups is 1. The van der Waals surface area contributed by atoms with Crippen LogP contribution in [0.3, 0.4) is 0 Å². The summed E-state index contributed by atoms with van der Waals surface area (Å²) < 4.78 is 0. The van der Waals surface area contributed by atoms with Gasteiger partial charge in [-0.3, -0.25) is 4.99 Å². The van der Waals surface area contributed by atoms with Crippen molar-refractivity contribution in [1.82, 2.24) is 10.6 Å². The molecule has 2 aliphatic rings. The molecule has 1 saturated heterocycles. The Morgan fingerprint density at radius 2 is 2.08 bits per heavy atom. The van der Waals surface area contributed by atoms with Crippen molar-refractivity contribution in [1.29, 1.82) is 0 Å². The van der Waals surface area contributed by atoms with Gasteiger partial charge in [0.05, 0.1) is 12.1 Å². The van der Waals surface area contributed by atoms with Gasteiger partial charge in [-0.05, 0) is 12.8 Å². The van der Waals surface area contributed by atoms with E-state index in [1.165, 1.54) is 18.7 Å². The van der Waals surface area contributed by atoms with Crippen molar-refractivity contribution in [2.24, 2.45) is 10.9 Å². The van der Waals surface area contributed by atoms with Gasteiger partial charge in [-0.2, -0.15) is 0 Å². The summed E-state index contributed by atoms with van der Waals surface area (Å²) in [6.45, 7) is 7.62. The SMILES string of the molecule is CCC(CC)C1=NCC2(CNC2)N1. The highest BCUT2D eigenvalue weighted by atomic mass is 15.2. The predicted octanol–water partition coefficient (Wildman–Crippen LogP) is 0.766. The fraction of sp³-hybridized carbons (Fsp3) is 0.900. The molecule has 0 aromatic heterocycles. The van der Waals surface area contributed by atoms with Crippen LogP contribution in [-0.2, 0) is 0 Å². The fourth-order valence-electron chi connectivity index (χ4n) is 2.12. The van der Waals surface area contributed by atoms with Crippen LogP contribution >= 0.6 is 0 Å². The van der Waals surface area contributed by atoms with Crippen LogP contribution in [0.2, 0.25) is 0 Å². The number of hydrogen-bond donors (Lipinski definition) is 2. The van der Waals surface area contributed by atoms with Crippen molar-refractivity contribution in [2.45, 2.75) is 32.2 Å². The van der Waals surface area contributed by atoms with Crippen LogP contribution in [0.5, 0.6) is 0 Å². The summed E-state index contributed by atoms with van der Waals surface area (Å²) in [6.07, 6.45) is 2.40. The van der Waals surface area contributed by atoms with Gasteiger partial charge in [0.2, 0.25) is 0 Å². The number of hydrogen-bond acceptors (Lipinski definition) is 3. The van der Waals surface area contributed by atoms with Crippen molar-refractivity contribution < 1.29 is 0 Å². The van der Waals surface area contributed by atoms with Gasteiger partial charge < -0.3 is 10.6 Å². The second-order valence-electron chi connectivity index (χ2n) is 4.22. The summed E-state index contributed by atoms with van der Waals surface area (Å²) >= 11 is 0. The zero-order chi connectivity index (χ0) is 9.31. The van der Waals surface area contributed by atoms with Crippen molar-refractivity contribution in [3.63, 3.8) is 0 Å². The van der Waals surface area contributed by atoms with E-state index in [4.69, 9.17) is 0 Å². The lowest BCUT2D eigenvalue weighted by Crippen LogP contribution is -2.68. The quantitative estimate of drug-likeness (QED) is 0.674. The molecule has 2 rings (SSSR count). The van der Waals surface area contributed by atoms with Crippen LogP contribution < -0.4 is 10.6 Å². The van der Waals surface area contributed by atoms with Crippen molar-refractivity contribution >= 4 is 5.84 Å². The monoisotopic (exact) mass is 181 g/mol. The maximum Gasteiger partial charge on any atom is 0.100 e. The minimum absolute atomic E-state index is 0.303. The van der Waals surface area contributed by atoms with Crippen LogP contribution in [0, 0.1) is 5.92 Å². The third-order valence-electron chi connectivity index (χ3n) is 3.24. The van der Waals surface area contributed by atoms with Gasteiger partial charge in [0.1, 0.15) is 5.84 Å². The minimum Gasteiger partial charge on any atom is -0.364 e. The third kappa shape index (κ3) is 1.46. The van der Waals surface area contributed by atoms with E-state index in [1.807, 2.05) is 0 Å². The Bertz CT molecular complexity index is 214. The summed E-state index contributed by atoms with van der Waals surface area (Å²) in [5.41, 5.74) is 0.303. The molecule has 2 aliphatic heterocycles. The molecule has 0 unspecified atom stereocenters. The Hall–Kier alpha value is -0.570. The Labute approximate surface area is 80.0 Å². The largest absolute Gasteiger partial charge is 0.364 e. The van der Waals surface area contributed by atoms with E-state index in [-0.39, 0.29) is 0 Å². The molecule has 0 saturated carbocycles. The van der Waals surface area contributed by atoms with Crippen molar-refractivity contribution in [3.8, 4) is 0 Å². The van der Waals surface area contributed by atoms with E-state index < -0.39 is 0 Å². The van der Waals surface area contributed by atoms with Crippen molar-refractivity contribution in [2.75, 3.05) is 19.6 Å². The lowest BCUT2D eigenvalue weighted by molar-refractivity contribution is 0.271. The smallest absolute Gasteiger partial charge is 0.100 e. The second kappa shape index (κ2) is 3.29. The standard InChI is InChI=1S/C10H19N3/c1-3-8(4-2)9-12-7-10(13-9)5-11-6-10/h8,11H,3-7H2,1-2H3,(H,12,13). The third-order valence-corrected chi connectivity index (χ3v) is 3.24. The Kier molecular flexibility index (Phi) is 2.28. The molecule has 2 heterocycles. The first-order valence-electron chi connectivity index (χ1n) is 5.33. The Morgan fingerprint density at radius 1 is 1.38 bits per heavy atom. The minimum atomic E-state index is 0.303. The molecule has 0 atom stereocenters. The molecule has 13 heavy (non-hydrogen) atoms. The average Bonchev–Trinajstić information content (AvgIpc) is 2.51. The molecule has 2 N–H and O–H groups in total. The summed E-state index contributed by atoms with van der Waals surface area (Å²) in [5, 5.41) is 6.90. The van der Waals surface area contributed by atoms with Gasteiger partial charge in [-0.1, -0.05) is 13.8 Å². The molecule has 74 valence electrons. The summed E-state index contributed by atoms with van der Waals surface area (Å²) in [7, 11) is 0. The van der Waals surface area contributed by atoms with E-state index in [0.29, 0.717) is 11.5 Å². The highest BCUT2D eigenvalue weighted by molar-refractivity contribution is 5.87. The molecule has 0 amide bonds. The Balaban J connectivity index is 1.95. The maximum atomic E-state index is 4.62. The molecule has 0 aromatic carbocycles. The first-order valence-corrected chi connectivity index (χ1v) is 5.33. The molecular weight excluding hydrogens is 162 g/mol. The van der Waals surface area contributed by atoms with E-state index in [1.54, 1.807) is 0 Å². The van der Waals surface area contributed by atoms with Gasteiger partial charge in [0.15, 0.2) is 0 Å². The second-order valence-corrected chi connectivity index (χ2v) is 4.22. The molecule has 3 heteroatoms. The molecule has 3 nitrogen and oxygen atoms in total. The highest BCUT2D eigenvalue weighted by Crippen LogP contribution is 2.21. The number of amidine groups is 1. The molecule has 1 fully saturated rings. The molecule has 1 spiro atoms. The summed E-state index contributed by atoms with van der Waals surface area (Å²) in [5.74, 6) is 1.91. The zero-order valence-corrected chi connectivity index (χ0v) is 8.56. The lowest BCUT2D eigenvalue weighted by Gasteiger charge is -2.39. The van der Waals surface area contributed by atoms with Crippen LogP contribution in [0.4, 0.5) is 0 Å². The van der Waals surface area contributed by atoms with Gasteiger partial charge in [0.25, 0.3) is 0 Å². The lowest BCUT2D eigenvalue weighted by atomic mass is 9.93. The highest BCUT2D eigenvalue weighted by Gasteiger charge is 2.41. The van der Waals surface area contributed by atoms with Crippen LogP contribution in [0.1, 0.15) is 26.7 Å². The first kappa shape index (κ1) is 9.00. The number of nitrogens with one attached hydrogen (secondary N) is 2. The van der Waals surface area contributed by atoms with Gasteiger partial charge >= 0.3 is 0 Å². The average molecular weight is 181 g/mol. The summed E-state index contributed by atoms with van der Waals surface area (Å²) in [6, 6.07) is 0. The Morgan fingerprint density at radius 3 is 2.46 bits per heavy atom. The fourth-order valence-corrected chi connectivity index (χ4v) is 2.12. The van der Waals surface area contributed by atoms with Gasteiger partial charge in [-0.15, -0.1) is 0 Å². The van der Waals surface area contributed by atoms with E-state index >= 15 is 0 Å². The van der Waals surface area contributed by atoms with Gasteiger partial charge in [0, 0.05) is 19.0 Å². The normalized spacial score (nSPS) is 24.4. The molecule has 0 aliphatic carbocycles.